The minimum atomic E-state index is 0.374. The zero-order valence-corrected chi connectivity index (χ0v) is 13.7. The van der Waals surface area contributed by atoms with E-state index in [1.54, 1.807) is 0 Å². The lowest BCUT2D eigenvalue weighted by atomic mass is 10.1. The van der Waals surface area contributed by atoms with Crippen molar-refractivity contribution in [3.63, 3.8) is 0 Å². The molecule has 0 aliphatic rings. The molecule has 1 aromatic carbocycles. The van der Waals surface area contributed by atoms with Gasteiger partial charge in [0.25, 0.3) is 0 Å². The van der Waals surface area contributed by atoms with E-state index in [2.05, 4.69) is 34.7 Å². The highest BCUT2D eigenvalue weighted by molar-refractivity contribution is 7.99. The van der Waals surface area contributed by atoms with Crippen molar-refractivity contribution >= 4 is 11.8 Å². The van der Waals surface area contributed by atoms with Crippen molar-refractivity contribution in [2.45, 2.75) is 38.6 Å². The minimum Gasteiger partial charge on any atom is -0.486 e. The molecule has 0 aliphatic carbocycles. The standard InChI is InChI=1S/C16H20N4OS/c1-13(2)8-10-20-15(18-19-16(20)22-11-9-17)12-21-14-6-4-3-5-7-14/h3-7,13H,8,10-12H2,1-2H3. The van der Waals surface area contributed by atoms with Crippen LogP contribution in [0, 0.1) is 17.2 Å². The molecule has 0 unspecified atom stereocenters. The molecule has 1 aromatic heterocycles. The molecule has 0 bridgehead atoms. The summed E-state index contributed by atoms with van der Waals surface area (Å²) in [5, 5.41) is 17.9. The van der Waals surface area contributed by atoms with E-state index in [-0.39, 0.29) is 0 Å². The van der Waals surface area contributed by atoms with Gasteiger partial charge in [-0.05, 0) is 24.5 Å². The van der Waals surface area contributed by atoms with E-state index in [9.17, 15) is 0 Å². The summed E-state index contributed by atoms with van der Waals surface area (Å²) in [6, 6.07) is 11.8. The van der Waals surface area contributed by atoms with Crippen LogP contribution >= 0.6 is 11.8 Å². The molecule has 0 atom stereocenters. The number of nitriles is 1. The zero-order valence-electron chi connectivity index (χ0n) is 12.9. The van der Waals surface area contributed by atoms with Crippen LogP contribution in [0.25, 0.3) is 0 Å². The van der Waals surface area contributed by atoms with Crippen LogP contribution in [0.15, 0.2) is 35.5 Å². The topological polar surface area (TPSA) is 63.7 Å². The summed E-state index contributed by atoms with van der Waals surface area (Å²) in [6.45, 7) is 5.59. The highest BCUT2D eigenvalue weighted by Gasteiger charge is 2.13. The predicted octanol–water partition coefficient (Wildman–Crippen LogP) is 3.52. The van der Waals surface area contributed by atoms with Crippen LogP contribution in [0.2, 0.25) is 0 Å². The van der Waals surface area contributed by atoms with Crippen molar-refractivity contribution in [2.24, 2.45) is 5.92 Å². The molecular formula is C16H20N4OS. The van der Waals surface area contributed by atoms with Crippen molar-refractivity contribution in [1.82, 2.24) is 14.8 Å². The number of aromatic nitrogens is 3. The Hall–Kier alpha value is -2.00. The average Bonchev–Trinajstić information content (AvgIpc) is 2.91. The number of para-hydroxylation sites is 1. The van der Waals surface area contributed by atoms with Gasteiger partial charge in [-0.3, -0.25) is 0 Å². The molecule has 0 N–H and O–H groups in total. The van der Waals surface area contributed by atoms with E-state index < -0.39 is 0 Å². The van der Waals surface area contributed by atoms with Gasteiger partial charge in [0.05, 0.1) is 11.8 Å². The lowest BCUT2D eigenvalue weighted by Gasteiger charge is -2.11. The van der Waals surface area contributed by atoms with Crippen molar-refractivity contribution in [3.8, 4) is 11.8 Å². The number of rotatable bonds is 8. The SMILES string of the molecule is CC(C)CCn1c(COc2ccccc2)nnc1SCC#N. The molecule has 0 fully saturated rings. The first kappa shape index (κ1) is 16.4. The Morgan fingerprint density at radius 1 is 1.27 bits per heavy atom. The molecule has 0 aliphatic heterocycles. The van der Waals surface area contributed by atoms with Gasteiger partial charge in [-0.25, -0.2) is 0 Å². The number of nitrogens with zero attached hydrogens (tertiary/aromatic N) is 4. The number of ether oxygens (including phenoxy) is 1. The van der Waals surface area contributed by atoms with Crippen LogP contribution in [-0.2, 0) is 13.2 Å². The first-order chi connectivity index (χ1) is 10.7. The van der Waals surface area contributed by atoms with Crippen molar-refractivity contribution in [3.05, 3.63) is 36.2 Å². The maximum Gasteiger partial charge on any atom is 0.192 e. The minimum absolute atomic E-state index is 0.374. The molecule has 116 valence electrons. The average molecular weight is 316 g/mol. The Morgan fingerprint density at radius 2 is 2.05 bits per heavy atom. The van der Waals surface area contributed by atoms with E-state index >= 15 is 0 Å². The first-order valence-electron chi connectivity index (χ1n) is 7.30. The summed E-state index contributed by atoms with van der Waals surface area (Å²) in [5.74, 6) is 2.58. The highest BCUT2D eigenvalue weighted by Crippen LogP contribution is 2.19. The molecule has 6 heteroatoms. The van der Waals surface area contributed by atoms with Crippen LogP contribution < -0.4 is 4.74 Å². The zero-order chi connectivity index (χ0) is 15.8. The fourth-order valence-electron chi connectivity index (χ4n) is 1.91. The Labute approximate surface area is 135 Å². The second-order valence-electron chi connectivity index (χ2n) is 5.28. The van der Waals surface area contributed by atoms with Gasteiger partial charge in [-0.15, -0.1) is 10.2 Å². The van der Waals surface area contributed by atoms with Crippen molar-refractivity contribution in [2.75, 3.05) is 5.75 Å². The Bertz CT molecular complexity index is 619. The van der Waals surface area contributed by atoms with Gasteiger partial charge in [0, 0.05) is 6.54 Å². The third-order valence-electron chi connectivity index (χ3n) is 3.10. The molecule has 0 amide bonds. The summed E-state index contributed by atoms with van der Waals surface area (Å²) in [5.41, 5.74) is 0. The monoisotopic (exact) mass is 316 g/mol. The van der Waals surface area contributed by atoms with Crippen LogP contribution in [-0.4, -0.2) is 20.5 Å². The van der Waals surface area contributed by atoms with Gasteiger partial charge in [0.2, 0.25) is 0 Å². The maximum absolute atomic E-state index is 8.74. The van der Waals surface area contributed by atoms with E-state index in [0.717, 1.165) is 29.7 Å². The van der Waals surface area contributed by atoms with Crippen LogP contribution in [0.4, 0.5) is 0 Å². The van der Waals surface area contributed by atoms with Gasteiger partial charge in [-0.2, -0.15) is 5.26 Å². The molecule has 1 heterocycles. The molecule has 5 nitrogen and oxygen atoms in total. The van der Waals surface area contributed by atoms with Gasteiger partial charge < -0.3 is 9.30 Å². The third-order valence-corrected chi connectivity index (χ3v) is 3.93. The Morgan fingerprint density at radius 3 is 2.73 bits per heavy atom. The van der Waals surface area contributed by atoms with E-state index in [0.29, 0.717) is 18.3 Å². The van der Waals surface area contributed by atoms with Gasteiger partial charge in [0.15, 0.2) is 11.0 Å². The van der Waals surface area contributed by atoms with Crippen molar-refractivity contribution < 1.29 is 4.74 Å². The second-order valence-corrected chi connectivity index (χ2v) is 6.22. The Kier molecular flexibility index (Phi) is 6.28. The summed E-state index contributed by atoms with van der Waals surface area (Å²) in [6.07, 6.45) is 1.04. The molecule has 0 saturated heterocycles. The summed E-state index contributed by atoms with van der Waals surface area (Å²) >= 11 is 1.41. The second kappa shape index (κ2) is 8.44. The number of hydrogen-bond donors (Lipinski definition) is 0. The van der Waals surface area contributed by atoms with E-state index in [1.165, 1.54) is 11.8 Å². The molecule has 22 heavy (non-hydrogen) atoms. The van der Waals surface area contributed by atoms with Gasteiger partial charge >= 0.3 is 0 Å². The molecule has 0 saturated carbocycles. The van der Waals surface area contributed by atoms with Gasteiger partial charge in [-0.1, -0.05) is 43.8 Å². The smallest absolute Gasteiger partial charge is 0.192 e. The molecule has 0 spiro atoms. The van der Waals surface area contributed by atoms with Crippen LogP contribution in [0.5, 0.6) is 5.75 Å². The normalized spacial score (nSPS) is 10.6. The largest absolute Gasteiger partial charge is 0.486 e. The first-order valence-corrected chi connectivity index (χ1v) is 8.29. The molecule has 2 aromatic rings. The number of benzene rings is 1. The van der Waals surface area contributed by atoms with E-state index in [1.807, 2.05) is 30.3 Å². The fourth-order valence-corrected chi connectivity index (χ4v) is 2.55. The Balaban J connectivity index is 2.08. The lowest BCUT2D eigenvalue weighted by Crippen LogP contribution is -2.10. The van der Waals surface area contributed by atoms with Crippen LogP contribution in [0.3, 0.4) is 0 Å². The number of thioether (sulfide) groups is 1. The molecule has 0 radical (unpaired) electrons. The maximum atomic E-state index is 8.74. The summed E-state index contributed by atoms with van der Waals surface area (Å²) in [4.78, 5) is 0. The molecular weight excluding hydrogens is 296 g/mol. The fraction of sp³-hybridized carbons (Fsp3) is 0.438. The van der Waals surface area contributed by atoms with Crippen LogP contribution in [0.1, 0.15) is 26.1 Å². The molecule has 2 rings (SSSR count). The van der Waals surface area contributed by atoms with E-state index in [4.69, 9.17) is 10.00 Å². The third kappa shape index (κ3) is 4.78. The highest BCUT2D eigenvalue weighted by atomic mass is 32.2. The van der Waals surface area contributed by atoms with Crippen molar-refractivity contribution in [1.29, 1.82) is 5.26 Å². The summed E-state index contributed by atoms with van der Waals surface area (Å²) < 4.78 is 7.82. The predicted molar refractivity (Wildman–Crippen MR) is 86.6 cm³/mol. The quantitative estimate of drug-likeness (QED) is 0.697. The lowest BCUT2D eigenvalue weighted by molar-refractivity contribution is 0.285. The number of hydrogen-bond acceptors (Lipinski definition) is 5. The van der Waals surface area contributed by atoms with Gasteiger partial charge in [0.1, 0.15) is 12.4 Å². The summed E-state index contributed by atoms with van der Waals surface area (Å²) in [7, 11) is 0.